The molecule has 1 aromatic heterocycles. The molecule has 0 amide bonds. The fraction of sp³-hybridized carbons (Fsp3) is 0.393. The predicted molar refractivity (Wildman–Crippen MR) is 159 cm³/mol. The second kappa shape index (κ2) is 11.7. The molecule has 10 nitrogen and oxygen atoms in total. The lowest BCUT2D eigenvalue weighted by Gasteiger charge is -2.26. The first-order chi connectivity index (χ1) is 19.4. The maximum Gasteiger partial charge on any atom is 0.327 e. The third-order valence-electron chi connectivity index (χ3n) is 6.33. The highest BCUT2D eigenvalue weighted by atomic mass is 35.5. The summed E-state index contributed by atoms with van der Waals surface area (Å²) < 4.78 is 47.2. The summed E-state index contributed by atoms with van der Waals surface area (Å²) in [5, 5.41) is 1.04. The number of hydrogen-bond acceptors (Lipinski definition) is 8. The highest BCUT2D eigenvalue weighted by molar-refractivity contribution is 7.92. The first kappa shape index (κ1) is 29.5. The van der Waals surface area contributed by atoms with Crippen LogP contribution in [0, 0.1) is 0 Å². The van der Waals surface area contributed by atoms with Crippen LogP contribution in [0.4, 0.5) is 5.69 Å². The molecule has 0 spiro atoms. The topological polar surface area (TPSA) is 112 Å². The number of aromatic nitrogens is 1. The van der Waals surface area contributed by atoms with Gasteiger partial charge in [0.25, 0.3) is 10.0 Å². The molecule has 0 N–H and O–H groups in total. The van der Waals surface area contributed by atoms with Gasteiger partial charge >= 0.3 is 5.97 Å². The summed E-state index contributed by atoms with van der Waals surface area (Å²) in [6.45, 7) is 6.22. The summed E-state index contributed by atoms with van der Waals surface area (Å²) in [6.07, 6.45) is 4.01. The molecule has 0 radical (unpaired) electrons. The Morgan fingerprint density at radius 3 is 2.54 bits per heavy atom. The molecule has 2 aliphatic heterocycles. The van der Waals surface area contributed by atoms with Gasteiger partial charge in [-0.1, -0.05) is 23.2 Å². The molecule has 0 bridgehead atoms. The Kier molecular flexibility index (Phi) is 8.45. The van der Waals surface area contributed by atoms with Crippen LogP contribution < -0.4 is 4.31 Å². The molecule has 41 heavy (non-hydrogen) atoms. The fourth-order valence-electron chi connectivity index (χ4n) is 4.56. The SMILES string of the molecule is CC(C)(C)OC(=O)CN(c1ccc2c(ccn2C2=NCC(O[C@H]3CCOC3)N=C2)c1)S(=O)(=O)c1cc(Cl)cc(Cl)c1. The van der Waals surface area contributed by atoms with Crippen LogP contribution in [-0.4, -0.2) is 75.2 Å². The number of aliphatic imine (C=N–C) groups is 2. The average molecular weight is 622 g/mol. The number of sulfonamides is 1. The van der Waals surface area contributed by atoms with Crippen molar-refractivity contribution in [1.82, 2.24) is 4.57 Å². The molecule has 1 fully saturated rings. The van der Waals surface area contributed by atoms with Crippen LogP contribution in [0.25, 0.3) is 10.9 Å². The zero-order valence-electron chi connectivity index (χ0n) is 22.8. The molecule has 2 aliphatic rings. The lowest BCUT2D eigenvalue weighted by molar-refractivity contribution is -0.152. The third-order valence-corrected chi connectivity index (χ3v) is 8.52. The summed E-state index contributed by atoms with van der Waals surface area (Å²) in [7, 11) is -4.26. The molecule has 2 atom stereocenters. The molecular formula is C28H30Cl2N4O6S. The number of fused-ring (bicyclic) bond motifs is 1. The Morgan fingerprint density at radius 2 is 1.90 bits per heavy atom. The van der Waals surface area contributed by atoms with Gasteiger partial charge in [0.2, 0.25) is 0 Å². The van der Waals surface area contributed by atoms with E-state index in [0.29, 0.717) is 25.6 Å². The van der Waals surface area contributed by atoms with Crippen molar-refractivity contribution >= 4 is 67.8 Å². The largest absolute Gasteiger partial charge is 0.459 e. The lowest BCUT2D eigenvalue weighted by Crippen LogP contribution is -2.39. The second-order valence-corrected chi connectivity index (χ2v) is 13.4. The summed E-state index contributed by atoms with van der Waals surface area (Å²) >= 11 is 12.2. The van der Waals surface area contributed by atoms with Gasteiger partial charge in [-0.05, 0) is 69.7 Å². The molecule has 0 saturated carbocycles. The number of carbonyl (C=O) groups is 1. The quantitative estimate of drug-likeness (QED) is 0.346. The van der Waals surface area contributed by atoms with Gasteiger partial charge in [-0.15, -0.1) is 0 Å². The number of anilines is 1. The zero-order valence-corrected chi connectivity index (χ0v) is 25.1. The number of esters is 1. The Hall–Kier alpha value is -2.96. The molecule has 0 aliphatic carbocycles. The minimum Gasteiger partial charge on any atom is -0.459 e. The number of nitrogens with zero attached hydrogens (tertiary/aromatic N) is 4. The Morgan fingerprint density at radius 1 is 1.15 bits per heavy atom. The van der Waals surface area contributed by atoms with E-state index in [9.17, 15) is 13.2 Å². The van der Waals surface area contributed by atoms with Crippen molar-refractivity contribution in [3.8, 4) is 0 Å². The van der Waals surface area contributed by atoms with E-state index in [1.54, 1.807) is 45.2 Å². The maximum atomic E-state index is 13.8. The predicted octanol–water partition coefficient (Wildman–Crippen LogP) is 4.95. The average Bonchev–Trinajstić information content (AvgIpc) is 3.56. The van der Waals surface area contributed by atoms with Crippen molar-refractivity contribution in [3.05, 3.63) is 58.7 Å². The van der Waals surface area contributed by atoms with Crippen molar-refractivity contribution in [1.29, 1.82) is 0 Å². The Bertz CT molecular complexity index is 1600. The summed E-state index contributed by atoms with van der Waals surface area (Å²) in [5.74, 6) is -0.0809. The van der Waals surface area contributed by atoms with Gasteiger partial charge in [0.1, 0.15) is 12.1 Å². The van der Waals surface area contributed by atoms with Crippen LogP contribution in [0.3, 0.4) is 0 Å². The van der Waals surface area contributed by atoms with Gasteiger partial charge in [-0.2, -0.15) is 0 Å². The smallest absolute Gasteiger partial charge is 0.327 e. The first-order valence-electron chi connectivity index (χ1n) is 13.0. The molecule has 5 rings (SSSR count). The van der Waals surface area contributed by atoms with Crippen LogP contribution >= 0.6 is 23.2 Å². The molecule has 3 aromatic rings. The van der Waals surface area contributed by atoms with Gasteiger partial charge in [0.15, 0.2) is 12.1 Å². The second-order valence-electron chi connectivity index (χ2n) is 10.7. The number of benzene rings is 2. The van der Waals surface area contributed by atoms with Crippen LogP contribution in [0.1, 0.15) is 27.2 Å². The standard InChI is InChI=1S/C28H30Cl2N4O6S/c1-28(2,3)40-27(35)16-34(41(36,37)23-12-19(29)11-20(30)13-23)21-4-5-24-18(10-21)6-8-33(24)25-14-32-26(15-31-25)39-22-7-9-38-17-22/h4-6,8,10-14,22,26H,7,9,15-17H2,1-3H3/t22-,26?/m0/s1. The lowest BCUT2D eigenvalue weighted by atomic mass is 10.2. The zero-order chi connectivity index (χ0) is 29.4. The number of carbonyl (C=O) groups excluding carboxylic acids is 1. The maximum absolute atomic E-state index is 13.8. The Labute approximate surface area is 248 Å². The molecule has 3 heterocycles. The van der Waals surface area contributed by atoms with E-state index in [1.165, 1.54) is 18.2 Å². The highest BCUT2D eigenvalue weighted by Gasteiger charge is 2.30. The van der Waals surface area contributed by atoms with Crippen molar-refractivity contribution in [2.24, 2.45) is 9.98 Å². The number of hydrogen-bond donors (Lipinski definition) is 0. The van der Waals surface area contributed by atoms with E-state index in [0.717, 1.165) is 21.6 Å². The Balaban J connectivity index is 1.45. The fourth-order valence-corrected chi connectivity index (χ4v) is 6.69. The van der Waals surface area contributed by atoms with Gasteiger partial charge < -0.3 is 18.8 Å². The minimum absolute atomic E-state index is 0.0302. The summed E-state index contributed by atoms with van der Waals surface area (Å²) in [6, 6.07) is 10.9. The van der Waals surface area contributed by atoms with Gasteiger partial charge in [0, 0.05) is 28.2 Å². The van der Waals surface area contributed by atoms with Crippen molar-refractivity contribution < 1.29 is 27.4 Å². The summed E-state index contributed by atoms with van der Waals surface area (Å²) in [4.78, 5) is 21.8. The third kappa shape index (κ3) is 6.92. The molecule has 1 unspecified atom stereocenters. The first-order valence-corrected chi connectivity index (χ1v) is 15.2. The number of rotatable bonds is 7. The molecule has 218 valence electrons. The van der Waals surface area contributed by atoms with Crippen LogP contribution in [0.15, 0.2) is 63.5 Å². The normalized spacial score (nSPS) is 19.4. The molecule has 1 saturated heterocycles. The van der Waals surface area contributed by atoms with E-state index < -0.39 is 28.1 Å². The van der Waals surface area contributed by atoms with Crippen LogP contribution in [-0.2, 0) is 29.0 Å². The van der Waals surface area contributed by atoms with Gasteiger partial charge in [-0.3, -0.25) is 19.1 Å². The molecule has 2 aromatic carbocycles. The molecular weight excluding hydrogens is 591 g/mol. The van der Waals surface area contributed by atoms with Crippen molar-refractivity contribution in [2.45, 2.75) is 50.0 Å². The van der Waals surface area contributed by atoms with Crippen molar-refractivity contribution in [3.63, 3.8) is 0 Å². The number of halogens is 2. The molecule has 13 heteroatoms. The van der Waals surface area contributed by atoms with E-state index in [-0.39, 0.29) is 33.0 Å². The van der Waals surface area contributed by atoms with Crippen LogP contribution in [0.2, 0.25) is 10.0 Å². The minimum atomic E-state index is -4.26. The van der Waals surface area contributed by atoms with Gasteiger partial charge in [-0.25, -0.2) is 8.42 Å². The highest BCUT2D eigenvalue weighted by Crippen LogP contribution is 2.31. The van der Waals surface area contributed by atoms with Crippen LogP contribution in [0.5, 0.6) is 0 Å². The number of ether oxygens (including phenoxy) is 3. The van der Waals surface area contributed by atoms with E-state index in [1.807, 2.05) is 16.8 Å². The summed E-state index contributed by atoms with van der Waals surface area (Å²) in [5.41, 5.74) is 0.246. The monoisotopic (exact) mass is 620 g/mol. The van der Waals surface area contributed by atoms with E-state index in [2.05, 4.69) is 9.98 Å². The van der Waals surface area contributed by atoms with E-state index in [4.69, 9.17) is 37.4 Å². The van der Waals surface area contributed by atoms with E-state index >= 15 is 0 Å². The van der Waals surface area contributed by atoms with Gasteiger partial charge in [0.05, 0.1) is 41.6 Å². The van der Waals surface area contributed by atoms with Crippen molar-refractivity contribution in [2.75, 3.05) is 30.6 Å².